The Morgan fingerprint density at radius 2 is 1.65 bits per heavy atom. The van der Waals surface area contributed by atoms with E-state index in [1.54, 1.807) is 0 Å². The summed E-state index contributed by atoms with van der Waals surface area (Å²) in [4.78, 5) is 23.7. The van der Waals surface area contributed by atoms with Crippen LogP contribution < -0.4 is 5.32 Å². The third-order valence-corrected chi connectivity index (χ3v) is 5.17. The number of hydrogen-bond donors (Lipinski definition) is 2. The van der Waals surface area contributed by atoms with Gasteiger partial charge in [-0.2, -0.15) is 0 Å². The number of carboxylic acid groups (broad SMARTS) is 1. The summed E-state index contributed by atoms with van der Waals surface area (Å²) in [6, 6.07) is 20.3. The van der Waals surface area contributed by atoms with E-state index in [4.69, 9.17) is 5.11 Å². The molecule has 1 fully saturated rings. The van der Waals surface area contributed by atoms with Crippen molar-refractivity contribution in [1.29, 1.82) is 0 Å². The third-order valence-electron chi connectivity index (χ3n) is 5.17. The summed E-state index contributed by atoms with van der Waals surface area (Å²) in [5, 5.41) is 12.2. The smallest absolute Gasteiger partial charge is 0.306 e. The second-order valence-electron chi connectivity index (χ2n) is 7.11. The van der Waals surface area contributed by atoms with E-state index in [2.05, 4.69) is 29.6 Å². The van der Waals surface area contributed by atoms with Crippen LogP contribution in [0.5, 0.6) is 0 Å². The Balaban J connectivity index is 1.64. The highest BCUT2D eigenvalue weighted by atomic mass is 16.4. The predicted octanol–water partition coefficient (Wildman–Crippen LogP) is 3.77. The van der Waals surface area contributed by atoms with E-state index in [-0.39, 0.29) is 23.8 Å². The minimum atomic E-state index is -0.756. The van der Waals surface area contributed by atoms with Crippen molar-refractivity contribution < 1.29 is 14.7 Å². The molecular formula is C22H25NO3. The van der Waals surface area contributed by atoms with Gasteiger partial charge in [-0.1, -0.05) is 60.7 Å². The van der Waals surface area contributed by atoms with Gasteiger partial charge in [-0.05, 0) is 42.7 Å². The van der Waals surface area contributed by atoms with Gasteiger partial charge in [0.15, 0.2) is 0 Å². The van der Waals surface area contributed by atoms with Crippen molar-refractivity contribution in [3.63, 3.8) is 0 Å². The topological polar surface area (TPSA) is 66.4 Å². The molecule has 2 aromatic carbocycles. The fourth-order valence-corrected chi connectivity index (χ4v) is 3.78. The predicted molar refractivity (Wildman–Crippen MR) is 101 cm³/mol. The Bertz CT molecular complexity index is 730. The highest BCUT2D eigenvalue weighted by Gasteiger charge is 2.30. The number of carbonyl (C=O) groups excluding carboxylic acids is 1. The van der Waals surface area contributed by atoms with Crippen LogP contribution in [0.4, 0.5) is 0 Å². The van der Waals surface area contributed by atoms with Crippen LogP contribution in [-0.4, -0.2) is 23.0 Å². The molecule has 0 heterocycles. The van der Waals surface area contributed by atoms with Crippen LogP contribution in [0.15, 0.2) is 60.7 Å². The van der Waals surface area contributed by atoms with E-state index in [0.29, 0.717) is 19.3 Å². The molecule has 1 saturated carbocycles. The Morgan fingerprint density at radius 3 is 2.27 bits per heavy atom. The molecule has 4 heteroatoms. The van der Waals surface area contributed by atoms with Crippen LogP contribution in [0.25, 0.3) is 0 Å². The van der Waals surface area contributed by atoms with E-state index < -0.39 is 5.97 Å². The van der Waals surface area contributed by atoms with Crippen molar-refractivity contribution in [3.05, 3.63) is 71.8 Å². The zero-order chi connectivity index (χ0) is 18.4. The zero-order valence-electron chi connectivity index (χ0n) is 14.8. The SMILES string of the molecule is O=C(CC(Cc1ccccc1)c1ccccc1)N[C@@H]1CC[C@H](C(=O)O)C1. The van der Waals surface area contributed by atoms with E-state index in [0.717, 1.165) is 18.4 Å². The molecule has 1 aliphatic rings. The maximum absolute atomic E-state index is 12.6. The van der Waals surface area contributed by atoms with Gasteiger partial charge in [0.05, 0.1) is 5.92 Å². The minimum Gasteiger partial charge on any atom is -0.481 e. The largest absolute Gasteiger partial charge is 0.481 e. The number of nitrogens with one attached hydrogen (secondary N) is 1. The molecule has 3 rings (SSSR count). The lowest BCUT2D eigenvalue weighted by Crippen LogP contribution is -2.34. The molecule has 0 aliphatic heterocycles. The number of benzene rings is 2. The molecule has 136 valence electrons. The molecule has 3 atom stereocenters. The number of aliphatic carboxylic acids is 1. The number of carboxylic acids is 1. The second-order valence-corrected chi connectivity index (χ2v) is 7.11. The van der Waals surface area contributed by atoms with Crippen LogP contribution >= 0.6 is 0 Å². The summed E-state index contributed by atoms with van der Waals surface area (Å²) < 4.78 is 0. The molecule has 1 amide bonds. The lowest BCUT2D eigenvalue weighted by atomic mass is 9.89. The molecule has 26 heavy (non-hydrogen) atoms. The first kappa shape index (κ1) is 18.2. The van der Waals surface area contributed by atoms with Crippen molar-refractivity contribution in [2.45, 2.75) is 44.1 Å². The standard InChI is InChI=1S/C22H25NO3/c24-21(23-20-12-11-18(14-20)22(25)26)15-19(17-9-5-2-6-10-17)13-16-7-3-1-4-8-16/h1-10,18-20H,11-15H2,(H,23,24)(H,25,26)/t18-,19?,20+/m0/s1. The normalized spacial score (nSPS) is 20.5. The Kier molecular flexibility index (Phi) is 6.05. The first-order chi connectivity index (χ1) is 12.6. The first-order valence-electron chi connectivity index (χ1n) is 9.23. The monoisotopic (exact) mass is 351 g/mol. The molecule has 4 nitrogen and oxygen atoms in total. The lowest BCUT2D eigenvalue weighted by molar-refractivity contribution is -0.141. The summed E-state index contributed by atoms with van der Waals surface area (Å²) in [7, 11) is 0. The van der Waals surface area contributed by atoms with Crippen LogP contribution in [-0.2, 0) is 16.0 Å². The van der Waals surface area contributed by atoms with Crippen molar-refractivity contribution >= 4 is 11.9 Å². The van der Waals surface area contributed by atoms with Gasteiger partial charge in [-0.15, -0.1) is 0 Å². The van der Waals surface area contributed by atoms with Crippen LogP contribution in [0.2, 0.25) is 0 Å². The van der Waals surface area contributed by atoms with Gasteiger partial charge in [0.2, 0.25) is 5.91 Å². The van der Waals surface area contributed by atoms with E-state index in [1.165, 1.54) is 5.56 Å². The molecule has 1 aliphatic carbocycles. The molecule has 0 saturated heterocycles. The van der Waals surface area contributed by atoms with Crippen molar-refractivity contribution in [2.24, 2.45) is 5.92 Å². The van der Waals surface area contributed by atoms with E-state index >= 15 is 0 Å². The zero-order valence-corrected chi connectivity index (χ0v) is 14.8. The summed E-state index contributed by atoms with van der Waals surface area (Å²) in [5.41, 5.74) is 2.36. The van der Waals surface area contributed by atoms with Gasteiger partial charge < -0.3 is 10.4 Å². The molecule has 0 bridgehead atoms. The summed E-state index contributed by atoms with van der Waals surface area (Å²) >= 11 is 0. The van der Waals surface area contributed by atoms with Gasteiger partial charge in [-0.3, -0.25) is 9.59 Å². The van der Waals surface area contributed by atoms with Crippen LogP contribution in [0, 0.1) is 5.92 Å². The highest BCUT2D eigenvalue weighted by molar-refractivity contribution is 5.77. The third kappa shape index (κ3) is 4.94. The first-order valence-corrected chi connectivity index (χ1v) is 9.23. The number of rotatable bonds is 7. The van der Waals surface area contributed by atoms with Gasteiger partial charge in [0.25, 0.3) is 0 Å². The number of amides is 1. The molecule has 2 aromatic rings. The van der Waals surface area contributed by atoms with Crippen molar-refractivity contribution in [1.82, 2.24) is 5.32 Å². The van der Waals surface area contributed by atoms with Crippen molar-refractivity contribution in [3.8, 4) is 0 Å². The average Bonchev–Trinajstić information content (AvgIpc) is 3.11. The maximum atomic E-state index is 12.6. The second kappa shape index (κ2) is 8.65. The van der Waals surface area contributed by atoms with Gasteiger partial charge in [0, 0.05) is 12.5 Å². The van der Waals surface area contributed by atoms with Gasteiger partial charge in [-0.25, -0.2) is 0 Å². The quantitative estimate of drug-likeness (QED) is 0.798. The molecule has 0 radical (unpaired) electrons. The van der Waals surface area contributed by atoms with Crippen LogP contribution in [0.1, 0.15) is 42.7 Å². The highest BCUT2D eigenvalue weighted by Crippen LogP contribution is 2.27. The fourth-order valence-electron chi connectivity index (χ4n) is 3.78. The molecule has 2 N–H and O–H groups in total. The van der Waals surface area contributed by atoms with Gasteiger partial charge in [0.1, 0.15) is 0 Å². The Hall–Kier alpha value is -2.62. The number of carbonyl (C=O) groups is 2. The molecule has 1 unspecified atom stereocenters. The Morgan fingerprint density at radius 1 is 1.00 bits per heavy atom. The Labute approximate surface area is 154 Å². The van der Waals surface area contributed by atoms with Crippen LogP contribution in [0.3, 0.4) is 0 Å². The van der Waals surface area contributed by atoms with Crippen molar-refractivity contribution in [2.75, 3.05) is 0 Å². The summed E-state index contributed by atoms with van der Waals surface area (Å²) in [5.74, 6) is -0.969. The fraction of sp³-hybridized carbons (Fsp3) is 0.364. The van der Waals surface area contributed by atoms with E-state index in [9.17, 15) is 9.59 Å². The van der Waals surface area contributed by atoms with E-state index in [1.807, 2.05) is 36.4 Å². The maximum Gasteiger partial charge on any atom is 0.306 e. The molecular weight excluding hydrogens is 326 g/mol. The molecule has 0 aromatic heterocycles. The van der Waals surface area contributed by atoms with Gasteiger partial charge >= 0.3 is 5.97 Å². The summed E-state index contributed by atoms with van der Waals surface area (Å²) in [6.07, 6.45) is 3.15. The number of hydrogen-bond acceptors (Lipinski definition) is 2. The average molecular weight is 351 g/mol. The minimum absolute atomic E-state index is 0.00539. The molecule has 0 spiro atoms. The lowest BCUT2D eigenvalue weighted by Gasteiger charge is -2.19. The summed E-state index contributed by atoms with van der Waals surface area (Å²) in [6.45, 7) is 0.